The van der Waals surface area contributed by atoms with Crippen LogP contribution in [0.4, 0.5) is 5.82 Å². The maximum absolute atomic E-state index is 8.94. The zero-order valence-electron chi connectivity index (χ0n) is 11.0. The van der Waals surface area contributed by atoms with E-state index in [2.05, 4.69) is 15.3 Å². The molecule has 0 spiro atoms. The summed E-state index contributed by atoms with van der Waals surface area (Å²) in [6.45, 7) is 2.06. The number of aromatic nitrogens is 1. The Morgan fingerprint density at radius 3 is 3.11 bits per heavy atom. The Balaban J connectivity index is 2.03. The molecule has 1 saturated heterocycles. The number of rotatable bonds is 6. The number of pyridine rings is 1. The molecule has 0 aliphatic carbocycles. The third-order valence-electron chi connectivity index (χ3n) is 3.61. The highest BCUT2D eigenvalue weighted by Gasteiger charge is 2.24. The van der Waals surface area contributed by atoms with Gasteiger partial charge in [-0.05, 0) is 44.4 Å². The lowest BCUT2D eigenvalue weighted by atomic mass is 10.1. The molecule has 0 saturated carbocycles. The van der Waals surface area contributed by atoms with Crippen LogP contribution < -0.4 is 11.3 Å². The summed E-state index contributed by atoms with van der Waals surface area (Å²) in [4.78, 5) is 6.80. The number of halogens is 1. The van der Waals surface area contributed by atoms with E-state index in [0.29, 0.717) is 16.9 Å². The molecular weight excluding hydrogens is 264 g/mol. The highest BCUT2D eigenvalue weighted by molar-refractivity contribution is 6.31. The molecule has 6 heteroatoms. The van der Waals surface area contributed by atoms with Crippen LogP contribution >= 0.6 is 11.6 Å². The van der Waals surface area contributed by atoms with Gasteiger partial charge in [-0.2, -0.15) is 0 Å². The molecule has 0 amide bonds. The maximum atomic E-state index is 8.94. The van der Waals surface area contributed by atoms with E-state index in [1.165, 1.54) is 12.8 Å². The molecule has 2 heterocycles. The van der Waals surface area contributed by atoms with Crippen molar-refractivity contribution in [3.63, 3.8) is 0 Å². The van der Waals surface area contributed by atoms with E-state index in [0.717, 1.165) is 31.6 Å². The first-order valence-corrected chi connectivity index (χ1v) is 7.09. The van der Waals surface area contributed by atoms with Crippen LogP contribution in [0.1, 0.15) is 31.4 Å². The van der Waals surface area contributed by atoms with Crippen molar-refractivity contribution in [3.05, 3.63) is 22.8 Å². The van der Waals surface area contributed by atoms with Gasteiger partial charge in [0, 0.05) is 19.2 Å². The molecule has 1 unspecified atom stereocenters. The second-order valence-corrected chi connectivity index (χ2v) is 5.31. The van der Waals surface area contributed by atoms with Gasteiger partial charge in [-0.3, -0.25) is 4.90 Å². The number of likely N-dealkylation sites (tertiary alicyclic amines) is 1. The van der Waals surface area contributed by atoms with Gasteiger partial charge in [0.25, 0.3) is 0 Å². The number of aliphatic hydroxyl groups excluding tert-OH is 1. The number of aliphatic hydroxyl groups is 1. The molecule has 0 bridgehead atoms. The van der Waals surface area contributed by atoms with Crippen LogP contribution in [0, 0.1) is 0 Å². The largest absolute Gasteiger partial charge is 0.396 e. The Hall–Kier alpha value is -0.880. The topological polar surface area (TPSA) is 74.4 Å². The summed E-state index contributed by atoms with van der Waals surface area (Å²) in [5, 5.41) is 9.61. The molecule has 1 atom stereocenters. The maximum Gasteiger partial charge on any atom is 0.140 e. The Morgan fingerprint density at radius 2 is 2.37 bits per heavy atom. The molecule has 1 aliphatic rings. The fraction of sp³-hybridized carbons (Fsp3) is 0.615. The highest BCUT2D eigenvalue weighted by Crippen LogP contribution is 2.25. The Labute approximate surface area is 118 Å². The van der Waals surface area contributed by atoms with Crippen molar-refractivity contribution < 1.29 is 5.11 Å². The van der Waals surface area contributed by atoms with Gasteiger partial charge < -0.3 is 10.5 Å². The lowest BCUT2D eigenvalue weighted by molar-refractivity contribution is 0.208. The van der Waals surface area contributed by atoms with E-state index in [9.17, 15) is 0 Å². The molecule has 1 aliphatic heterocycles. The normalized spacial score (nSPS) is 19.8. The molecule has 0 radical (unpaired) electrons. The van der Waals surface area contributed by atoms with Gasteiger partial charge in [0.2, 0.25) is 0 Å². The van der Waals surface area contributed by atoms with Crippen LogP contribution in [0.5, 0.6) is 0 Å². The molecule has 5 nitrogen and oxygen atoms in total. The number of anilines is 1. The minimum atomic E-state index is 0.260. The summed E-state index contributed by atoms with van der Waals surface area (Å²) in [6, 6.07) is 4.11. The summed E-state index contributed by atoms with van der Waals surface area (Å²) < 4.78 is 0. The van der Waals surface area contributed by atoms with Crippen LogP contribution in [0.15, 0.2) is 12.1 Å². The van der Waals surface area contributed by atoms with Crippen molar-refractivity contribution in [2.45, 2.75) is 38.3 Å². The quantitative estimate of drug-likeness (QED) is 0.548. The van der Waals surface area contributed by atoms with E-state index < -0.39 is 0 Å². The van der Waals surface area contributed by atoms with Gasteiger partial charge in [-0.1, -0.05) is 11.6 Å². The summed E-state index contributed by atoms with van der Waals surface area (Å²) in [5.74, 6) is 6.00. The first-order chi connectivity index (χ1) is 9.24. The second kappa shape index (κ2) is 7.05. The number of nitrogens with two attached hydrogens (primary N) is 1. The summed E-state index contributed by atoms with van der Waals surface area (Å²) >= 11 is 6.19. The number of nitrogens with zero attached hydrogens (tertiary/aromatic N) is 2. The van der Waals surface area contributed by atoms with E-state index in [1.807, 2.05) is 6.07 Å². The van der Waals surface area contributed by atoms with Crippen LogP contribution in [0.2, 0.25) is 5.02 Å². The predicted octanol–water partition coefficient (Wildman–Crippen LogP) is 1.76. The van der Waals surface area contributed by atoms with Crippen molar-refractivity contribution in [2.24, 2.45) is 5.84 Å². The number of hydrazine groups is 1. The Morgan fingerprint density at radius 1 is 1.53 bits per heavy atom. The molecule has 4 N–H and O–H groups in total. The SMILES string of the molecule is NNc1ccc(Cl)c(CN2CCCC2CCCO)n1. The van der Waals surface area contributed by atoms with Crippen molar-refractivity contribution in [2.75, 3.05) is 18.6 Å². The van der Waals surface area contributed by atoms with Crippen molar-refractivity contribution in [1.29, 1.82) is 0 Å². The third kappa shape index (κ3) is 3.79. The smallest absolute Gasteiger partial charge is 0.140 e. The number of nitrogen functional groups attached to an aromatic ring is 1. The highest BCUT2D eigenvalue weighted by atomic mass is 35.5. The van der Waals surface area contributed by atoms with E-state index in [4.69, 9.17) is 22.6 Å². The zero-order chi connectivity index (χ0) is 13.7. The zero-order valence-corrected chi connectivity index (χ0v) is 11.7. The van der Waals surface area contributed by atoms with Gasteiger partial charge in [-0.25, -0.2) is 10.8 Å². The average Bonchev–Trinajstić information content (AvgIpc) is 2.86. The molecule has 1 aromatic rings. The summed E-state index contributed by atoms with van der Waals surface area (Å²) in [7, 11) is 0. The molecule has 0 aromatic carbocycles. The monoisotopic (exact) mass is 284 g/mol. The van der Waals surface area contributed by atoms with Crippen molar-refractivity contribution in [3.8, 4) is 0 Å². The predicted molar refractivity (Wildman–Crippen MR) is 76.8 cm³/mol. The molecule has 1 aromatic heterocycles. The van der Waals surface area contributed by atoms with Crippen molar-refractivity contribution >= 4 is 17.4 Å². The van der Waals surface area contributed by atoms with Gasteiger partial charge in [0.1, 0.15) is 5.82 Å². The average molecular weight is 285 g/mol. The van der Waals surface area contributed by atoms with E-state index in [1.54, 1.807) is 6.07 Å². The van der Waals surface area contributed by atoms with Gasteiger partial charge in [0.05, 0.1) is 10.7 Å². The van der Waals surface area contributed by atoms with Gasteiger partial charge in [0.15, 0.2) is 0 Å². The molecule has 2 rings (SSSR count). The van der Waals surface area contributed by atoms with Crippen molar-refractivity contribution in [1.82, 2.24) is 9.88 Å². The van der Waals surface area contributed by atoms with Crippen LogP contribution in [0.3, 0.4) is 0 Å². The fourth-order valence-electron chi connectivity index (χ4n) is 2.63. The molecule has 1 fully saturated rings. The fourth-order valence-corrected chi connectivity index (χ4v) is 2.79. The van der Waals surface area contributed by atoms with Crippen LogP contribution in [-0.4, -0.2) is 34.2 Å². The standard InChI is InChI=1S/C13H21ClN4O/c14-11-5-6-13(17-15)16-12(11)9-18-7-1-3-10(18)4-2-8-19/h5-6,10,19H,1-4,7-9,15H2,(H,16,17). The Kier molecular flexibility index (Phi) is 5.39. The lowest BCUT2D eigenvalue weighted by Gasteiger charge is -2.24. The number of hydrogen-bond donors (Lipinski definition) is 3. The lowest BCUT2D eigenvalue weighted by Crippen LogP contribution is -2.29. The summed E-state index contributed by atoms with van der Waals surface area (Å²) in [5.41, 5.74) is 3.40. The first kappa shape index (κ1) is 14.5. The molecule has 106 valence electrons. The van der Waals surface area contributed by atoms with Crippen LogP contribution in [0.25, 0.3) is 0 Å². The van der Waals surface area contributed by atoms with E-state index >= 15 is 0 Å². The van der Waals surface area contributed by atoms with Crippen LogP contribution in [-0.2, 0) is 6.54 Å². The molecular formula is C13H21ClN4O. The minimum Gasteiger partial charge on any atom is -0.396 e. The summed E-state index contributed by atoms with van der Waals surface area (Å²) in [6.07, 6.45) is 4.27. The number of hydrogen-bond acceptors (Lipinski definition) is 5. The molecule has 19 heavy (non-hydrogen) atoms. The Bertz CT molecular complexity index is 416. The minimum absolute atomic E-state index is 0.260. The van der Waals surface area contributed by atoms with Gasteiger partial charge >= 0.3 is 0 Å². The third-order valence-corrected chi connectivity index (χ3v) is 3.96. The number of nitrogens with one attached hydrogen (secondary N) is 1. The second-order valence-electron chi connectivity index (χ2n) is 4.90. The van der Waals surface area contributed by atoms with E-state index in [-0.39, 0.29) is 6.61 Å². The first-order valence-electron chi connectivity index (χ1n) is 6.71. The van der Waals surface area contributed by atoms with Gasteiger partial charge in [-0.15, -0.1) is 0 Å².